The van der Waals surface area contributed by atoms with Gasteiger partial charge in [-0.15, -0.1) is 0 Å². The van der Waals surface area contributed by atoms with Crippen molar-refractivity contribution < 1.29 is 0 Å². The molecule has 0 unspecified atom stereocenters. The van der Waals surface area contributed by atoms with Gasteiger partial charge in [0.05, 0.1) is 11.4 Å². The minimum Gasteiger partial charge on any atom is -0.397 e. The third-order valence-corrected chi connectivity index (χ3v) is 5.76. The second kappa shape index (κ2) is 7.36. The Kier molecular flexibility index (Phi) is 5.24. The molecule has 1 aromatic carbocycles. The average Bonchev–Trinajstić information content (AvgIpc) is 2.58. The molecular formula is C19H31N3. The minimum absolute atomic E-state index is 0.569. The number of para-hydroxylation sites is 2. The second-order valence-corrected chi connectivity index (χ2v) is 7.18. The van der Waals surface area contributed by atoms with Gasteiger partial charge >= 0.3 is 0 Å². The van der Waals surface area contributed by atoms with Gasteiger partial charge < -0.3 is 16.0 Å². The maximum absolute atomic E-state index is 6.04. The van der Waals surface area contributed by atoms with Crippen LogP contribution in [0.15, 0.2) is 24.3 Å². The number of nitrogens with one attached hydrogen (secondary N) is 1. The van der Waals surface area contributed by atoms with Crippen LogP contribution in [0.25, 0.3) is 0 Å². The minimum atomic E-state index is 0.569. The lowest BCUT2D eigenvalue weighted by atomic mass is 9.83. The summed E-state index contributed by atoms with van der Waals surface area (Å²) in [5.41, 5.74) is 8.00. The molecule has 1 heterocycles. The van der Waals surface area contributed by atoms with E-state index in [9.17, 15) is 0 Å². The molecule has 1 aliphatic carbocycles. The van der Waals surface area contributed by atoms with Crippen molar-refractivity contribution in [3.63, 3.8) is 0 Å². The van der Waals surface area contributed by atoms with Crippen LogP contribution in [0.4, 0.5) is 11.4 Å². The molecule has 0 radical (unpaired) electrons. The number of rotatable bonds is 4. The van der Waals surface area contributed by atoms with Crippen LogP contribution in [-0.2, 0) is 0 Å². The Balaban J connectivity index is 1.48. The molecule has 3 nitrogen and oxygen atoms in total. The van der Waals surface area contributed by atoms with E-state index in [2.05, 4.69) is 29.3 Å². The zero-order valence-electron chi connectivity index (χ0n) is 13.9. The smallest absolute Gasteiger partial charge is 0.0576 e. The van der Waals surface area contributed by atoms with Gasteiger partial charge in [0.1, 0.15) is 0 Å². The van der Waals surface area contributed by atoms with Crippen molar-refractivity contribution in [2.45, 2.75) is 64.0 Å². The van der Waals surface area contributed by atoms with Crippen LogP contribution >= 0.6 is 0 Å². The van der Waals surface area contributed by atoms with Crippen molar-refractivity contribution in [2.24, 2.45) is 5.92 Å². The normalized spacial score (nSPS) is 23.3. The summed E-state index contributed by atoms with van der Waals surface area (Å²) in [6.07, 6.45) is 9.69. The molecule has 22 heavy (non-hydrogen) atoms. The number of benzene rings is 1. The molecule has 0 amide bonds. The summed E-state index contributed by atoms with van der Waals surface area (Å²) in [6, 6.07) is 9.45. The predicted octanol–water partition coefficient (Wildman–Crippen LogP) is 4.11. The zero-order valence-corrected chi connectivity index (χ0v) is 13.9. The van der Waals surface area contributed by atoms with Crippen LogP contribution in [0.3, 0.4) is 0 Å². The monoisotopic (exact) mass is 301 g/mol. The van der Waals surface area contributed by atoms with Crippen molar-refractivity contribution in [1.29, 1.82) is 0 Å². The molecule has 1 atom stereocenters. The molecule has 1 aliphatic heterocycles. The predicted molar refractivity (Wildman–Crippen MR) is 95.1 cm³/mol. The summed E-state index contributed by atoms with van der Waals surface area (Å²) in [5.74, 6) is 0.933. The third-order valence-electron chi connectivity index (χ3n) is 5.76. The fraction of sp³-hybridized carbons (Fsp3) is 0.684. The Labute approximate surface area is 135 Å². The van der Waals surface area contributed by atoms with Gasteiger partial charge in [0, 0.05) is 25.2 Å². The van der Waals surface area contributed by atoms with E-state index in [1.54, 1.807) is 0 Å². The van der Waals surface area contributed by atoms with Gasteiger partial charge in [-0.3, -0.25) is 0 Å². The number of piperidine rings is 1. The first-order chi connectivity index (χ1) is 10.7. The van der Waals surface area contributed by atoms with Gasteiger partial charge in [0.25, 0.3) is 0 Å². The zero-order chi connectivity index (χ0) is 15.4. The lowest BCUT2D eigenvalue weighted by molar-refractivity contribution is 0.105. The van der Waals surface area contributed by atoms with Gasteiger partial charge in [-0.05, 0) is 50.7 Å². The Morgan fingerprint density at radius 2 is 1.73 bits per heavy atom. The SMILES string of the molecule is C[C@@H](C1CCCCC1)N1CCC(Nc2ccccc2N)CC1. The number of nitrogens with zero attached hydrogens (tertiary/aromatic N) is 1. The standard InChI is InChI=1S/C19H31N3/c1-15(16-7-3-2-4-8-16)22-13-11-17(12-14-22)21-19-10-6-5-9-18(19)20/h5-6,9-10,15-17,21H,2-4,7-8,11-14,20H2,1H3/t15-/m0/s1. The van der Waals surface area contributed by atoms with Crippen LogP contribution in [0.5, 0.6) is 0 Å². The molecule has 2 fully saturated rings. The van der Waals surface area contributed by atoms with Gasteiger partial charge in [-0.25, -0.2) is 0 Å². The molecule has 1 saturated carbocycles. The highest BCUT2D eigenvalue weighted by atomic mass is 15.2. The highest BCUT2D eigenvalue weighted by molar-refractivity contribution is 5.65. The third kappa shape index (κ3) is 3.75. The van der Waals surface area contributed by atoms with Gasteiger partial charge in [-0.2, -0.15) is 0 Å². The van der Waals surface area contributed by atoms with Crippen molar-refractivity contribution in [1.82, 2.24) is 4.90 Å². The Morgan fingerprint density at radius 3 is 2.41 bits per heavy atom. The first kappa shape index (κ1) is 15.7. The van der Waals surface area contributed by atoms with E-state index < -0.39 is 0 Å². The topological polar surface area (TPSA) is 41.3 Å². The van der Waals surface area contributed by atoms with Crippen LogP contribution in [0.2, 0.25) is 0 Å². The molecule has 1 saturated heterocycles. The number of nitrogen functional groups attached to an aromatic ring is 1. The molecule has 0 bridgehead atoms. The van der Waals surface area contributed by atoms with Gasteiger partial charge in [-0.1, -0.05) is 31.4 Å². The molecule has 0 aromatic heterocycles. The van der Waals surface area contributed by atoms with Gasteiger partial charge in [0.2, 0.25) is 0 Å². The summed E-state index contributed by atoms with van der Waals surface area (Å²) >= 11 is 0. The van der Waals surface area contributed by atoms with Crippen LogP contribution in [0, 0.1) is 5.92 Å². The first-order valence-electron chi connectivity index (χ1n) is 9.09. The number of hydrogen-bond acceptors (Lipinski definition) is 3. The molecule has 3 N–H and O–H groups in total. The van der Waals surface area contributed by atoms with E-state index >= 15 is 0 Å². The molecule has 2 aliphatic rings. The molecule has 3 heteroatoms. The van der Waals surface area contributed by atoms with Crippen LogP contribution in [0.1, 0.15) is 51.9 Å². The van der Waals surface area contributed by atoms with E-state index in [0.717, 1.165) is 23.3 Å². The largest absolute Gasteiger partial charge is 0.397 e. The molecule has 1 aromatic rings. The maximum atomic E-state index is 6.04. The van der Waals surface area contributed by atoms with Crippen molar-refractivity contribution in [3.05, 3.63) is 24.3 Å². The highest BCUT2D eigenvalue weighted by Gasteiger charge is 2.28. The summed E-state index contributed by atoms with van der Waals surface area (Å²) in [7, 11) is 0. The second-order valence-electron chi connectivity index (χ2n) is 7.18. The van der Waals surface area contributed by atoms with E-state index in [4.69, 9.17) is 5.73 Å². The molecule has 0 spiro atoms. The van der Waals surface area contributed by atoms with E-state index in [0.29, 0.717) is 6.04 Å². The Bertz CT molecular complexity index is 460. The highest BCUT2D eigenvalue weighted by Crippen LogP contribution is 2.30. The summed E-state index contributed by atoms with van der Waals surface area (Å²) < 4.78 is 0. The summed E-state index contributed by atoms with van der Waals surface area (Å²) in [5, 5.41) is 3.64. The summed E-state index contributed by atoms with van der Waals surface area (Å²) in [4.78, 5) is 2.72. The number of anilines is 2. The Hall–Kier alpha value is -1.22. The first-order valence-corrected chi connectivity index (χ1v) is 9.09. The van der Waals surface area contributed by atoms with Crippen molar-refractivity contribution in [3.8, 4) is 0 Å². The lowest BCUT2D eigenvalue weighted by Gasteiger charge is -2.41. The fourth-order valence-electron chi connectivity index (χ4n) is 4.21. The maximum Gasteiger partial charge on any atom is 0.0576 e. The quantitative estimate of drug-likeness (QED) is 0.822. The fourth-order valence-corrected chi connectivity index (χ4v) is 4.21. The van der Waals surface area contributed by atoms with Crippen LogP contribution in [-0.4, -0.2) is 30.1 Å². The van der Waals surface area contributed by atoms with Crippen LogP contribution < -0.4 is 11.1 Å². The van der Waals surface area contributed by atoms with Crippen molar-refractivity contribution in [2.75, 3.05) is 24.1 Å². The van der Waals surface area contributed by atoms with E-state index in [1.807, 2.05) is 12.1 Å². The van der Waals surface area contributed by atoms with Crippen molar-refractivity contribution >= 4 is 11.4 Å². The molecular weight excluding hydrogens is 270 g/mol. The molecule has 3 rings (SSSR count). The van der Waals surface area contributed by atoms with Gasteiger partial charge in [0.15, 0.2) is 0 Å². The Morgan fingerprint density at radius 1 is 1.05 bits per heavy atom. The summed E-state index contributed by atoms with van der Waals surface area (Å²) in [6.45, 7) is 4.91. The number of nitrogens with two attached hydrogens (primary N) is 1. The van der Waals surface area contributed by atoms with E-state index in [1.165, 1.54) is 58.0 Å². The lowest BCUT2D eigenvalue weighted by Crippen LogP contribution is -2.46. The number of likely N-dealkylation sites (tertiary alicyclic amines) is 1. The van der Waals surface area contributed by atoms with E-state index in [-0.39, 0.29) is 0 Å². The number of hydrogen-bond donors (Lipinski definition) is 2. The average molecular weight is 301 g/mol. The molecule has 122 valence electrons.